The Balaban J connectivity index is 2.26. The van der Waals surface area contributed by atoms with E-state index in [0.29, 0.717) is 12.4 Å². The Morgan fingerprint density at radius 1 is 1.21 bits per heavy atom. The molecule has 2 aliphatic rings. The normalized spacial score (nSPS) is 20.4. The van der Waals surface area contributed by atoms with Crippen molar-refractivity contribution in [1.82, 2.24) is 9.55 Å². The Morgan fingerprint density at radius 2 is 1.84 bits per heavy atom. The largest absolute Gasteiger partial charge is 0.501 e. The lowest BCUT2D eigenvalue weighted by Gasteiger charge is -2.35. The van der Waals surface area contributed by atoms with Crippen LogP contribution >= 0.6 is 0 Å². The number of nitrogens with zero attached hydrogens (tertiary/aromatic N) is 2. The zero-order valence-electron chi connectivity index (χ0n) is 10.6. The fraction of sp³-hybridized carbons (Fsp3) is 0.615. The summed E-state index contributed by atoms with van der Waals surface area (Å²) in [6.45, 7) is 0.510. The summed E-state index contributed by atoms with van der Waals surface area (Å²) in [5.74, 6) is -1.53. The average molecular weight is 264 g/mol. The summed E-state index contributed by atoms with van der Waals surface area (Å²) >= 11 is 0. The highest BCUT2D eigenvalue weighted by Gasteiger charge is 2.42. The third kappa shape index (κ3) is 1.66. The molecule has 19 heavy (non-hydrogen) atoms. The number of carboxylic acids is 1. The van der Waals surface area contributed by atoms with E-state index < -0.39 is 23.0 Å². The van der Waals surface area contributed by atoms with Gasteiger partial charge >= 0.3 is 5.97 Å². The van der Waals surface area contributed by atoms with Crippen LogP contribution in [-0.4, -0.2) is 25.7 Å². The number of aromatic carboxylic acids is 1. The number of hydrogen-bond acceptors (Lipinski definition) is 4. The molecule has 3 rings (SSSR count). The first-order chi connectivity index (χ1) is 9.05. The highest BCUT2D eigenvalue weighted by molar-refractivity contribution is 5.88. The van der Waals surface area contributed by atoms with Gasteiger partial charge in [0.15, 0.2) is 5.69 Å². The van der Waals surface area contributed by atoms with Crippen molar-refractivity contribution in [3.8, 4) is 5.75 Å². The minimum Gasteiger partial charge on any atom is -0.501 e. The third-order valence-corrected chi connectivity index (χ3v) is 4.42. The van der Waals surface area contributed by atoms with Gasteiger partial charge in [-0.05, 0) is 25.7 Å². The van der Waals surface area contributed by atoms with Crippen LogP contribution < -0.4 is 5.56 Å². The number of aromatic nitrogens is 2. The van der Waals surface area contributed by atoms with Crippen LogP contribution in [0.5, 0.6) is 5.75 Å². The van der Waals surface area contributed by atoms with Gasteiger partial charge in [-0.2, -0.15) is 0 Å². The Bertz CT molecular complexity index is 599. The van der Waals surface area contributed by atoms with Crippen molar-refractivity contribution in [2.45, 2.75) is 50.5 Å². The summed E-state index contributed by atoms with van der Waals surface area (Å²) in [7, 11) is 0. The van der Waals surface area contributed by atoms with E-state index in [1.807, 2.05) is 0 Å². The molecule has 2 heterocycles. The lowest BCUT2D eigenvalue weighted by Crippen LogP contribution is -2.40. The van der Waals surface area contributed by atoms with E-state index in [1.165, 1.54) is 4.57 Å². The maximum Gasteiger partial charge on any atom is 0.358 e. The van der Waals surface area contributed by atoms with Crippen LogP contribution in [0.1, 0.15) is 54.8 Å². The highest BCUT2D eigenvalue weighted by Crippen LogP contribution is 2.45. The average Bonchev–Trinajstić information content (AvgIpc) is 2.83. The van der Waals surface area contributed by atoms with Gasteiger partial charge in [-0.25, -0.2) is 9.78 Å². The van der Waals surface area contributed by atoms with Gasteiger partial charge in [-0.3, -0.25) is 9.36 Å². The van der Waals surface area contributed by atoms with Crippen LogP contribution in [0.15, 0.2) is 4.79 Å². The van der Waals surface area contributed by atoms with Gasteiger partial charge < -0.3 is 10.2 Å². The first-order valence-corrected chi connectivity index (χ1v) is 6.63. The molecule has 0 saturated heterocycles. The van der Waals surface area contributed by atoms with Crippen LogP contribution in [0.3, 0.4) is 0 Å². The van der Waals surface area contributed by atoms with Gasteiger partial charge in [0.25, 0.3) is 5.56 Å². The Hall–Kier alpha value is -1.85. The molecule has 0 bridgehead atoms. The predicted molar refractivity (Wildman–Crippen MR) is 66.5 cm³/mol. The fourth-order valence-corrected chi connectivity index (χ4v) is 3.52. The lowest BCUT2D eigenvalue weighted by atomic mass is 9.78. The maximum atomic E-state index is 12.1. The van der Waals surface area contributed by atoms with Gasteiger partial charge in [0.05, 0.1) is 0 Å². The van der Waals surface area contributed by atoms with Crippen molar-refractivity contribution >= 4 is 5.97 Å². The number of carboxylic acid groups (broad SMARTS) is 1. The summed E-state index contributed by atoms with van der Waals surface area (Å²) < 4.78 is 1.47. The zero-order valence-corrected chi connectivity index (χ0v) is 10.6. The standard InChI is InChI=1S/C13H16N2O4/c16-9-8(11(18)19)14-12-13(4-1-2-5-13)6-3-7-15(12)10(9)17/h16H,1-7H2,(H,18,19). The monoisotopic (exact) mass is 264 g/mol. The van der Waals surface area contributed by atoms with Crippen molar-refractivity contribution in [3.63, 3.8) is 0 Å². The van der Waals surface area contributed by atoms with Crippen molar-refractivity contribution in [1.29, 1.82) is 0 Å². The van der Waals surface area contributed by atoms with Crippen LogP contribution in [-0.2, 0) is 12.0 Å². The van der Waals surface area contributed by atoms with Crippen molar-refractivity contribution in [2.75, 3.05) is 0 Å². The Labute approximate surface area is 109 Å². The molecule has 1 spiro atoms. The summed E-state index contributed by atoms with van der Waals surface area (Å²) in [5, 5.41) is 18.7. The highest BCUT2D eigenvalue weighted by atomic mass is 16.4. The topological polar surface area (TPSA) is 92.4 Å². The third-order valence-electron chi connectivity index (χ3n) is 4.42. The van der Waals surface area contributed by atoms with Crippen molar-refractivity contribution < 1.29 is 15.0 Å². The number of carbonyl (C=O) groups is 1. The van der Waals surface area contributed by atoms with Crippen LogP contribution in [0.25, 0.3) is 0 Å². The molecule has 1 saturated carbocycles. The molecular formula is C13H16N2O4. The summed E-state index contributed by atoms with van der Waals surface area (Å²) in [6.07, 6.45) is 5.88. The fourth-order valence-electron chi connectivity index (χ4n) is 3.52. The van der Waals surface area contributed by atoms with E-state index in [-0.39, 0.29) is 5.41 Å². The van der Waals surface area contributed by atoms with E-state index in [9.17, 15) is 14.7 Å². The van der Waals surface area contributed by atoms with E-state index >= 15 is 0 Å². The SMILES string of the molecule is O=C(O)c1nc2n(c(=O)c1O)CCCC21CCCC1. The van der Waals surface area contributed by atoms with Gasteiger partial charge in [0, 0.05) is 12.0 Å². The smallest absolute Gasteiger partial charge is 0.358 e. The first-order valence-electron chi connectivity index (χ1n) is 6.63. The second-order valence-electron chi connectivity index (χ2n) is 5.49. The number of aromatic hydroxyl groups is 1. The molecule has 0 amide bonds. The van der Waals surface area contributed by atoms with Crippen LogP contribution in [0.2, 0.25) is 0 Å². The number of hydrogen-bond donors (Lipinski definition) is 2. The molecule has 1 aliphatic carbocycles. The Kier molecular flexibility index (Phi) is 2.62. The zero-order chi connectivity index (χ0) is 13.6. The predicted octanol–water partition coefficient (Wildman–Crippen LogP) is 1.25. The van der Waals surface area contributed by atoms with Gasteiger partial charge in [-0.1, -0.05) is 12.8 Å². The van der Waals surface area contributed by atoms with Crippen molar-refractivity contribution in [3.05, 3.63) is 21.9 Å². The molecule has 6 heteroatoms. The molecule has 0 unspecified atom stereocenters. The molecular weight excluding hydrogens is 248 g/mol. The maximum absolute atomic E-state index is 12.1. The lowest BCUT2D eigenvalue weighted by molar-refractivity contribution is 0.0684. The molecule has 1 aliphatic heterocycles. The number of rotatable bonds is 1. The molecule has 0 radical (unpaired) electrons. The second-order valence-corrected chi connectivity index (χ2v) is 5.49. The van der Waals surface area contributed by atoms with E-state index in [4.69, 9.17) is 5.11 Å². The first kappa shape index (κ1) is 12.2. The van der Waals surface area contributed by atoms with Gasteiger partial charge in [0.2, 0.25) is 5.75 Å². The van der Waals surface area contributed by atoms with E-state index in [0.717, 1.165) is 38.5 Å². The molecule has 2 N–H and O–H groups in total. The second kappa shape index (κ2) is 4.08. The molecule has 1 aromatic heterocycles. The molecule has 102 valence electrons. The van der Waals surface area contributed by atoms with Crippen LogP contribution in [0.4, 0.5) is 0 Å². The minimum atomic E-state index is -1.35. The molecule has 0 aromatic carbocycles. The summed E-state index contributed by atoms with van der Waals surface area (Å²) in [6, 6.07) is 0. The summed E-state index contributed by atoms with van der Waals surface area (Å²) in [4.78, 5) is 27.3. The van der Waals surface area contributed by atoms with Crippen molar-refractivity contribution in [2.24, 2.45) is 0 Å². The molecule has 1 aromatic rings. The Morgan fingerprint density at radius 3 is 2.47 bits per heavy atom. The molecule has 6 nitrogen and oxygen atoms in total. The van der Waals surface area contributed by atoms with Gasteiger partial charge in [0.1, 0.15) is 5.82 Å². The van der Waals surface area contributed by atoms with E-state index in [1.54, 1.807) is 0 Å². The molecule has 1 fully saturated rings. The van der Waals surface area contributed by atoms with Crippen LogP contribution in [0, 0.1) is 0 Å². The quantitative estimate of drug-likeness (QED) is 0.796. The molecule has 0 atom stereocenters. The summed E-state index contributed by atoms with van der Waals surface area (Å²) in [5.41, 5.74) is -1.28. The van der Waals surface area contributed by atoms with Gasteiger partial charge in [-0.15, -0.1) is 0 Å². The number of fused-ring (bicyclic) bond motifs is 2. The van der Waals surface area contributed by atoms with E-state index in [2.05, 4.69) is 4.98 Å². The minimum absolute atomic E-state index is 0.157.